The normalized spacial score (nSPS) is 11.9. The maximum atomic E-state index is 12.1. The molecule has 3 aromatic rings. The zero-order chi connectivity index (χ0) is 16.1. The van der Waals surface area contributed by atoms with Gasteiger partial charge in [0.2, 0.25) is 5.13 Å². The van der Waals surface area contributed by atoms with Crippen LogP contribution in [-0.2, 0) is 0 Å². The SMILES string of the molecule is O=C(Nc1nnc(-c2ccsc2)s1)NC(CO)c1ccccc1. The van der Waals surface area contributed by atoms with Gasteiger partial charge in [-0.05, 0) is 17.0 Å². The Morgan fingerprint density at radius 1 is 1.22 bits per heavy atom. The number of carbonyl (C=O) groups is 1. The van der Waals surface area contributed by atoms with Crippen LogP contribution in [-0.4, -0.2) is 27.9 Å². The zero-order valence-corrected chi connectivity index (χ0v) is 13.6. The molecule has 2 heterocycles. The van der Waals surface area contributed by atoms with Gasteiger partial charge in [-0.15, -0.1) is 10.2 Å². The fraction of sp³-hybridized carbons (Fsp3) is 0.133. The van der Waals surface area contributed by atoms with Crippen LogP contribution in [0.2, 0.25) is 0 Å². The van der Waals surface area contributed by atoms with E-state index < -0.39 is 12.1 Å². The number of urea groups is 1. The van der Waals surface area contributed by atoms with E-state index in [0.717, 1.165) is 16.1 Å². The summed E-state index contributed by atoms with van der Waals surface area (Å²) in [7, 11) is 0. The molecule has 2 amide bonds. The van der Waals surface area contributed by atoms with Gasteiger partial charge >= 0.3 is 6.03 Å². The van der Waals surface area contributed by atoms with Crippen LogP contribution in [0.1, 0.15) is 11.6 Å². The van der Waals surface area contributed by atoms with Gasteiger partial charge in [-0.3, -0.25) is 5.32 Å². The van der Waals surface area contributed by atoms with E-state index in [1.54, 1.807) is 11.3 Å². The number of anilines is 1. The lowest BCUT2D eigenvalue weighted by Gasteiger charge is -2.16. The molecule has 0 fully saturated rings. The molecule has 118 valence electrons. The molecular formula is C15H14N4O2S2. The molecule has 0 radical (unpaired) electrons. The molecule has 3 rings (SSSR count). The summed E-state index contributed by atoms with van der Waals surface area (Å²) in [6, 6.07) is 10.3. The fourth-order valence-electron chi connectivity index (χ4n) is 1.99. The number of thiophene rings is 1. The van der Waals surface area contributed by atoms with Crippen molar-refractivity contribution in [2.75, 3.05) is 11.9 Å². The second-order valence-electron chi connectivity index (χ2n) is 4.67. The lowest BCUT2D eigenvalue weighted by atomic mass is 10.1. The molecule has 23 heavy (non-hydrogen) atoms. The van der Waals surface area contributed by atoms with E-state index in [4.69, 9.17) is 0 Å². The van der Waals surface area contributed by atoms with Crippen molar-refractivity contribution in [2.24, 2.45) is 0 Å². The third-order valence-corrected chi connectivity index (χ3v) is 4.67. The van der Waals surface area contributed by atoms with Gasteiger partial charge in [0.1, 0.15) is 5.01 Å². The minimum Gasteiger partial charge on any atom is -0.394 e. The Kier molecular flexibility index (Phi) is 4.96. The van der Waals surface area contributed by atoms with Crippen LogP contribution in [0.5, 0.6) is 0 Å². The molecule has 0 saturated heterocycles. The first-order chi connectivity index (χ1) is 11.3. The van der Waals surface area contributed by atoms with Crippen molar-refractivity contribution < 1.29 is 9.90 Å². The predicted octanol–water partition coefficient (Wildman–Crippen LogP) is 3.12. The van der Waals surface area contributed by atoms with Gasteiger partial charge in [-0.1, -0.05) is 41.7 Å². The van der Waals surface area contributed by atoms with E-state index in [-0.39, 0.29) is 6.61 Å². The average Bonchev–Trinajstić information content (AvgIpc) is 3.24. The highest BCUT2D eigenvalue weighted by Crippen LogP contribution is 2.27. The van der Waals surface area contributed by atoms with E-state index >= 15 is 0 Å². The van der Waals surface area contributed by atoms with E-state index in [2.05, 4.69) is 20.8 Å². The second-order valence-corrected chi connectivity index (χ2v) is 6.43. The van der Waals surface area contributed by atoms with Crippen molar-refractivity contribution in [3.05, 3.63) is 52.7 Å². The number of aliphatic hydroxyl groups is 1. The average molecular weight is 346 g/mol. The summed E-state index contributed by atoms with van der Waals surface area (Å²) in [5, 5.41) is 27.9. The Morgan fingerprint density at radius 3 is 2.74 bits per heavy atom. The number of aliphatic hydroxyl groups excluding tert-OH is 1. The van der Waals surface area contributed by atoms with Crippen molar-refractivity contribution >= 4 is 33.8 Å². The minimum absolute atomic E-state index is 0.187. The van der Waals surface area contributed by atoms with Crippen LogP contribution in [0.4, 0.5) is 9.93 Å². The van der Waals surface area contributed by atoms with Gasteiger partial charge in [0.15, 0.2) is 0 Å². The third kappa shape index (κ3) is 3.92. The molecule has 1 unspecified atom stereocenters. The van der Waals surface area contributed by atoms with Crippen molar-refractivity contribution in [3.63, 3.8) is 0 Å². The van der Waals surface area contributed by atoms with Crippen LogP contribution in [0, 0.1) is 0 Å². The molecule has 1 atom stereocenters. The van der Waals surface area contributed by atoms with Crippen LogP contribution < -0.4 is 10.6 Å². The van der Waals surface area contributed by atoms with Crippen LogP contribution in [0.3, 0.4) is 0 Å². The Balaban J connectivity index is 1.63. The molecule has 0 aliphatic heterocycles. The lowest BCUT2D eigenvalue weighted by molar-refractivity contribution is 0.225. The summed E-state index contributed by atoms with van der Waals surface area (Å²) in [6.45, 7) is -0.187. The summed E-state index contributed by atoms with van der Waals surface area (Å²) in [4.78, 5) is 12.1. The van der Waals surface area contributed by atoms with Crippen LogP contribution in [0.15, 0.2) is 47.2 Å². The Bertz CT molecular complexity index is 759. The monoisotopic (exact) mass is 346 g/mol. The highest BCUT2D eigenvalue weighted by molar-refractivity contribution is 7.19. The van der Waals surface area contributed by atoms with Crippen molar-refractivity contribution in [2.45, 2.75) is 6.04 Å². The number of nitrogens with zero attached hydrogens (tertiary/aromatic N) is 2. The van der Waals surface area contributed by atoms with E-state index in [9.17, 15) is 9.90 Å². The summed E-state index contributed by atoms with van der Waals surface area (Å²) in [6.07, 6.45) is 0. The number of hydrogen-bond donors (Lipinski definition) is 3. The predicted molar refractivity (Wildman–Crippen MR) is 91.6 cm³/mol. The molecule has 0 saturated carbocycles. The van der Waals surface area contributed by atoms with Crippen molar-refractivity contribution in [3.8, 4) is 10.6 Å². The molecule has 2 aromatic heterocycles. The molecule has 1 aromatic carbocycles. The molecular weight excluding hydrogens is 332 g/mol. The quantitative estimate of drug-likeness (QED) is 0.662. The fourth-order valence-corrected chi connectivity index (χ4v) is 3.44. The van der Waals surface area contributed by atoms with E-state index in [0.29, 0.717) is 5.13 Å². The largest absolute Gasteiger partial charge is 0.394 e. The molecule has 0 spiro atoms. The van der Waals surface area contributed by atoms with Gasteiger partial charge in [0, 0.05) is 10.9 Å². The Labute approximate surface area is 140 Å². The molecule has 0 aliphatic rings. The highest BCUT2D eigenvalue weighted by atomic mass is 32.1. The zero-order valence-electron chi connectivity index (χ0n) is 12.0. The maximum absolute atomic E-state index is 12.1. The van der Waals surface area contributed by atoms with Crippen LogP contribution in [0.25, 0.3) is 10.6 Å². The topological polar surface area (TPSA) is 87.1 Å². The third-order valence-electron chi connectivity index (χ3n) is 3.10. The molecule has 0 bridgehead atoms. The number of rotatable bonds is 5. The molecule has 0 aliphatic carbocycles. The number of benzene rings is 1. The first-order valence-electron chi connectivity index (χ1n) is 6.85. The first-order valence-corrected chi connectivity index (χ1v) is 8.61. The molecule has 6 nitrogen and oxygen atoms in total. The molecule has 3 N–H and O–H groups in total. The number of aromatic nitrogens is 2. The van der Waals surface area contributed by atoms with Crippen molar-refractivity contribution in [1.82, 2.24) is 15.5 Å². The Hall–Kier alpha value is -2.29. The van der Waals surface area contributed by atoms with Crippen LogP contribution >= 0.6 is 22.7 Å². The number of carbonyl (C=O) groups excluding carboxylic acids is 1. The number of amides is 2. The van der Waals surface area contributed by atoms with Gasteiger partial charge in [0.25, 0.3) is 0 Å². The first kappa shape index (κ1) is 15.6. The number of hydrogen-bond acceptors (Lipinski definition) is 6. The van der Waals surface area contributed by atoms with Gasteiger partial charge in [0.05, 0.1) is 12.6 Å². The van der Waals surface area contributed by atoms with Gasteiger partial charge < -0.3 is 10.4 Å². The van der Waals surface area contributed by atoms with Gasteiger partial charge in [-0.25, -0.2) is 4.79 Å². The molecule has 8 heteroatoms. The second kappa shape index (κ2) is 7.32. The van der Waals surface area contributed by atoms with Crippen molar-refractivity contribution in [1.29, 1.82) is 0 Å². The van der Waals surface area contributed by atoms with E-state index in [1.165, 1.54) is 11.3 Å². The summed E-state index contributed by atoms with van der Waals surface area (Å²) >= 11 is 2.88. The minimum atomic E-state index is -0.472. The maximum Gasteiger partial charge on any atom is 0.321 e. The highest BCUT2D eigenvalue weighted by Gasteiger charge is 2.15. The summed E-state index contributed by atoms with van der Waals surface area (Å²) in [5.74, 6) is 0. The summed E-state index contributed by atoms with van der Waals surface area (Å²) in [5.41, 5.74) is 1.82. The number of nitrogens with one attached hydrogen (secondary N) is 2. The summed E-state index contributed by atoms with van der Waals surface area (Å²) < 4.78 is 0. The Morgan fingerprint density at radius 2 is 2.04 bits per heavy atom. The lowest BCUT2D eigenvalue weighted by Crippen LogP contribution is -2.34. The standard InChI is InChI=1S/C15H14N4O2S2/c20-8-12(10-4-2-1-3-5-10)16-14(21)17-15-19-18-13(23-15)11-6-7-22-9-11/h1-7,9,12,20H,8H2,(H2,16,17,19,21). The van der Waals surface area contributed by atoms with Gasteiger partial charge in [-0.2, -0.15) is 11.3 Å². The smallest absolute Gasteiger partial charge is 0.321 e. The van der Waals surface area contributed by atoms with E-state index in [1.807, 2.05) is 47.2 Å².